The summed E-state index contributed by atoms with van der Waals surface area (Å²) < 4.78 is 11.0. The third-order valence-corrected chi connectivity index (χ3v) is 15.7. The molecule has 0 atom stereocenters. The fraction of sp³-hybridized carbons (Fsp3) is 0.684. The van der Waals surface area contributed by atoms with E-state index < -0.39 is 13.4 Å². The predicted molar refractivity (Wildman–Crippen MR) is 196 cm³/mol. The molecular formula is C38H68BO2P. The third-order valence-electron chi connectivity index (χ3n) is 10.3. The predicted octanol–water partition coefficient (Wildman–Crippen LogP) is 11.1. The van der Waals surface area contributed by atoms with Gasteiger partial charge in [0.2, 0.25) is 0 Å². The second-order valence-corrected chi connectivity index (χ2v) is 17.7. The van der Waals surface area contributed by atoms with E-state index in [0.29, 0.717) is 0 Å². The Hall–Kier alpha value is -1.47. The molecule has 4 heteroatoms. The van der Waals surface area contributed by atoms with Gasteiger partial charge in [-0.1, -0.05) is 115 Å². The molecule has 0 unspecified atom stereocenters. The molecule has 0 saturated heterocycles. The van der Waals surface area contributed by atoms with Gasteiger partial charge < -0.3 is 9.47 Å². The van der Waals surface area contributed by atoms with Crippen LogP contribution in [0, 0.1) is 0 Å². The van der Waals surface area contributed by atoms with Crippen LogP contribution in [-0.2, 0) is 0 Å². The summed E-state index contributed by atoms with van der Waals surface area (Å²) in [5.41, 5.74) is 2.98. The first kappa shape index (κ1) is 38.6. The molecule has 2 rings (SSSR count). The zero-order valence-corrected chi connectivity index (χ0v) is 30.1. The standard InChI is InChI=1S/C30H48BO2.C8H20P/c1-5-7-9-11-13-15-25-31(26-16-14-12-10-8-6-2,27-17-21-29(32-3)22-18-27)28-19-23-30(33-4)24-20-28;1-5-9(6-2,7-3)8-4/h17-24H,5-16,25-26H2,1-4H3;5-8H2,1-4H3/q-1;+1. The van der Waals surface area contributed by atoms with Crippen molar-refractivity contribution in [2.45, 2.75) is 131 Å². The van der Waals surface area contributed by atoms with Crippen molar-refractivity contribution in [2.75, 3.05) is 38.9 Å². The minimum absolute atomic E-state index is 0.420. The topological polar surface area (TPSA) is 18.5 Å². The van der Waals surface area contributed by atoms with E-state index in [0.717, 1.165) is 11.5 Å². The van der Waals surface area contributed by atoms with E-state index in [-0.39, 0.29) is 0 Å². The highest BCUT2D eigenvalue weighted by atomic mass is 31.2. The molecule has 0 aliphatic carbocycles. The Bertz CT molecular complexity index is 809. The minimum Gasteiger partial charge on any atom is -0.497 e. The smallest absolute Gasteiger partial charge is 0.118 e. The van der Waals surface area contributed by atoms with Crippen LogP contribution in [0.3, 0.4) is 0 Å². The normalized spacial score (nSPS) is 11.6. The van der Waals surface area contributed by atoms with Crippen LogP contribution in [0.2, 0.25) is 12.6 Å². The van der Waals surface area contributed by atoms with Crippen LogP contribution >= 0.6 is 7.26 Å². The molecule has 2 aromatic rings. The monoisotopic (exact) mass is 599 g/mol. The highest BCUT2D eigenvalue weighted by Gasteiger charge is 2.28. The van der Waals surface area contributed by atoms with E-state index in [2.05, 4.69) is 90.1 Å². The average Bonchev–Trinajstić information content (AvgIpc) is 3.05. The summed E-state index contributed by atoms with van der Waals surface area (Å²) in [7, 11) is 3.09. The van der Waals surface area contributed by atoms with Crippen molar-refractivity contribution < 1.29 is 9.47 Å². The van der Waals surface area contributed by atoms with Crippen molar-refractivity contribution in [3.63, 3.8) is 0 Å². The number of rotatable bonds is 22. The lowest BCUT2D eigenvalue weighted by Gasteiger charge is -2.42. The van der Waals surface area contributed by atoms with Crippen LogP contribution in [0.25, 0.3) is 0 Å². The molecule has 0 spiro atoms. The van der Waals surface area contributed by atoms with E-state index >= 15 is 0 Å². The largest absolute Gasteiger partial charge is 0.497 e. The van der Waals surface area contributed by atoms with Crippen LogP contribution in [0.15, 0.2) is 48.5 Å². The van der Waals surface area contributed by atoms with Gasteiger partial charge in [0.25, 0.3) is 0 Å². The lowest BCUT2D eigenvalue weighted by molar-refractivity contribution is 0.415. The summed E-state index contributed by atoms with van der Waals surface area (Å²) in [5, 5.41) is 0. The zero-order chi connectivity index (χ0) is 31.1. The fourth-order valence-corrected chi connectivity index (χ4v) is 9.52. The van der Waals surface area contributed by atoms with Gasteiger partial charge in [0, 0.05) is 7.26 Å². The molecule has 2 aromatic carbocycles. The van der Waals surface area contributed by atoms with Gasteiger partial charge in [-0.15, -0.1) is 0 Å². The number of benzene rings is 2. The molecule has 0 saturated carbocycles. The molecule has 0 amide bonds. The van der Waals surface area contributed by atoms with Gasteiger partial charge in [0.1, 0.15) is 11.5 Å². The molecule has 0 bridgehead atoms. The molecule has 0 heterocycles. The molecular weight excluding hydrogens is 530 g/mol. The minimum atomic E-state index is -0.813. The molecule has 0 aromatic heterocycles. The molecule has 0 fully saturated rings. The number of unbranched alkanes of at least 4 members (excludes halogenated alkanes) is 10. The van der Waals surface area contributed by atoms with Gasteiger partial charge in [0.05, 0.1) is 45.0 Å². The Morgan fingerprint density at radius 1 is 0.452 bits per heavy atom. The molecule has 240 valence electrons. The Morgan fingerprint density at radius 2 is 0.762 bits per heavy atom. The van der Waals surface area contributed by atoms with Gasteiger partial charge in [-0.25, -0.2) is 10.9 Å². The highest BCUT2D eigenvalue weighted by Crippen LogP contribution is 2.57. The van der Waals surface area contributed by atoms with Gasteiger partial charge in [0.15, 0.2) is 0 Å². The summed E-state index contributed by atoms with van der Waals surface area (Å²) in [4.78, 5) is 0. The van der Waals surface area contributed by atoms with E-state index in [9.17, 15) is 0 Å². The summed E-state index contributed by atoms with van der Waals surface area (Å²) in [6.45, 7) is 14.0. The maximum Gasteiger partial charge on any atom is 0.118 e. The Balaban J connectivity index is 0.000000844. The fourth-order valence-electron chi connectivity index (χ4n) is 6.84. The van der Waals surface area contributed by atoms with Gasteiger partial charge in [-0.2, -0.15) is 12.6 Å². The molecule has 42 heavy (non-hydrogen) atoms. The summed E-state index contributed by atoms with van der Waals surface area (Å²) in [6.07, 6.45) is 23.6. The lowest BCUT2D eigenvalue weighted by Crippen LogP contribution is -2.58. The number of hydrogen-bond acceptors (Lipinski definition) is 2. The molecule has 0 N–H and O–H groups in total. The van der Waals surface area contributed by atoms with Crippen molar-refractivity contribution in [1.29, 1.82) is 0 Å². The molecule has 0 radical (unpaired) electrons. The van der Waals surface area contributed by atoms with Crippen LogP contribution in [0.1, 0.15) is 119 Å². The van der Waals surface area contributed by atoms with E-state index in [1.807, 2.05) is 0 Å². The van der Waals surface area contributed by atoms with Crippen molar-refractivity contribution in [1.82, 2.24) is 0 Å². The second-order valence-electron chi connectivity index (χ2n) is 12.5. The maximum absolute atomic E-state index is 5.48. The highest BCUT2D eigenvalue weighted by molar-refractivity contribution is 7.75. The van der Waals surface area contributed by atoms with Crippen LogP contribution in [0.5, 0.6) is 11.5 Å². The first-order chi connectivity index (χ1) is 20.4. The first-order valence-corrected chi connectivity index (χ1v) is 20.3. The molecule has 0 aliphatic rings. The summed E-state index contributed by atoms with van der Waals surface area (Å²) in [6, 6.07) is 17.9. The Morgan fingerprint density at radius 3 is 1.02 bits per heavy atom. The van der Waals surface area contributed by atoms with Crippen LogP contribution in [-0.4, -0.2) is 45.0 Å². The van der Waals surface area contributed by atoms with Crippen molar-refractivity contribution in [2.24, 2.45) is 0 Å². The van der Waals surface area contributed by atoms with Crippen LogP contribution in [0.4, 0.5) is 0 Å². The van der Waals surface area contributed by atoms with Crippen molar-refractivity contribution in [3.05, 3.63) is 48.5 Å². The first-order valence-electron chi connectivity index (χ1n) is 17.8. The van der Waals surface area contributed by atoms with Gasteiger partial charge >= 0.3 is 0 Å². The number of ether oxygens (including phenoxy) is 2. The Labute approximate surface area is 263 Å². The summed E-state index contributed by atoms with van der Waals surface area (Å²) >= 11 is 0. The second kappa shape index (κ2) is 23.0. The van der Waals surface area contributed by atoms with E-state index in [4.69, 9.17) is 9.47 Å². The number of hydrogen-bond donors (Lipinski definition) is 0. The van der Waals surface area contributed by atoms with E-state index in [1.165, 1.54) is 125 Å². The van der Waals surface area contributed by atoms with E-state index in [1.54, 1.807) is 14.2 Å². The third kappa shape index (κ3) is 13.0. The quantitative estimate of drug-likeness (QED) is 0.0763. The molecule has 0 aliphatic heterocycles. The SMILES string of the molecule is CCCCCCCC[B-](CCCCCCCC)(c1ccc(OC)cc1)c1ccc(OC)cc1.CC[P+](CC)(CC)CC. The summed E-state index contributed by atoms with van der Waals surface area (Å²) in [5.74, 6) is 1.88. The van der Waals surface area contributed by atoms with Gasteiger partial charge in [-0.3, -0.25) is 0 Å². The van der Waals surface area contributed by atoms with Crippen molar-refractivity contribution >= 4 is 24.3 Å². The van der Waals surface area contributed by atoms with Crippen LogP contribution < -0.4 is 20.4 Å². The molecule has 2 nitrogen and oxygen atoms in total. The van der Waals surface area contributed by atoms with Crippen molar-refractivity contribution in [3.8, 4) is 11.5 Å². The lowest BCUT2D eigenvalue weighted by atomic mass is 9.15. The average molecular weight is 599 g/mol. The maximum atomic E-state index is 5.48. The Kier molecular flexibility index (Phi) is 21.1. The number of methoxy groups -OCH3 is 2. The van der Waals surface area contributed by atoms with Gasteiger partial charge in [-0.05, 0) is 52.0 Å². The zero-order valence-electron chi connectivity index (χ0n) is 29.2.